The van der Waals surface area contributed by atoms with Crippen molar-refractivity contribution >= 4 is 5.82 Å². The molecular weight excluding hydrogens is 240 g/mol. The van der Waals surface area contributed by atoms with E-state index < -0.39 is 0 Å². The molecule has 1 aromatic heterocycles. The number of fused-ring (bicyclic) bond motifs is 1. The highest BCUT2D eigenvalue weighted by atomic mass is 16.5. The maximum Gasteiger partial charge on any atom is 0.185 e. The molecule has 1 aliphatic rings. The van der Waals surface area contributed by atoms with Crippen LogP contribution in [0.25, 0.3) is 11.3 Å². The Morgan fingerprint density at radius 3 is 2.89 bits per heavy atom. The molecule has 0 unspecified atom stereocenters. The minimum atomic E-state index is 0.538. The van der Waals surface area contributed by atoms with Crippen molar-refractivity contribution in [2.75, 3.05) is 18.6 Å². The fraction of sp³-hybridized carbons (Fsp3) is 0.214. The highest BCUT2D eigenvalue weighted by Crippen LogP contribution is 2.29. The van der Waals surface area contributed by atoms with Crippen LogP contribution in [0.4, 0.5) is 5.82 Å². The molecule has 0 bridgehead atoms. The summed E-state index contributed by atoms with van der Waals surface area (Å²) in [7, 11) is 1.65. The van der Waals surface area contributed by atoms with Crippen LogP contribution >= 0.6 is 0 Å². The van der Waals surface area contributed by atoms with Crippen LogP contribution in [-0.4, -0.2) is 23.9 Å². The molecule has 1 aliphatic heterocycles. The van der Waals surface area contributed by atoms with Crippen LogP contribution in [0.5, 0.6) is 5.75 Å². The predicted octanol–water partition coefficient (Wildman–Crippen LogP) is 2.00. The second-order valence-corrected chi connectivity index (χ2v) is 4.36. The molecule has 0 radical (unpaired) electrons. The quantitative estimate of drug-likeness (QED) is 0.604. The number of anilines is 1. The van der Waals surface area contributed by atoms with Gasteiger partial charge in [0.05, 0.1) is 12.3 Å². The normalized spacial score (nSPS) is 12.4. The summed E-state index contributed by atoms with van der Waals surface area (Å²) in [4.78, 5) is 1.37. The monoisotopic (exact) mass is 252 g/mol. The summed E-state index contributed by atoms with van der Waals surface area (Å²) in [6.07, 6.45) is 2.93. The Hall–Kier alpha value is -2.61. The zero-order valence-corrected chi connectivity index (χ0v) is 10.5. The molecule has 2 aromatic rings. The van der Waals surface area contributed by atoms with E-state index in [0.717, 1.165) is 30.0 Å². The van der Waals surface area contributed by atoms with Gasteiger partial charge in [0.25, 0.3) is 0 Å². The molecule has 19 heavy (non-hydrogen) atoms. The summed E-state index contributed by atoms with van der Waals surface area (Å²) in [6.45, 7) is 0.746. The summed E-state index contributed by atoms with van der Waals surface area (Å²) < 4.78 is 5.48. The minimum absolute atomic E-state index is 0.538. The van der Waals surface area contributed by atoms with E-state index in [4.69, 9.17) is 10.00 Å². The van der Waals surface area contributed by atoms with Crippen molar-refractivity contribution in [2.45, 2.75) is 6.42 Å². The van der Waals surface area contributed by atoms with Crippen LogP contribution in [0.15, 0.2) is 30.3 Å². The first kappa shape index (κ1) is 11.5. The van der Waals surface area contributed by atoms with E-state index in [9.17, 15) is 0 Å². The average Bonchev–Trinajstić information content (AvgIpc) is 2.94. The fourth-order valence-corrected chi connectivity index (χ4v) is 2.06. The third kappa shape index (κ3) is 2.08. The van der Waals surface area contributed by atoms with Crippen molar-refractivity contribution in [1.82, 2.24) is 10.2 Å². The lowest BCUT2D eigenvalue weighted by molar-refractivity contribution is 0.357. The summed E-state index contributed by atoms with van der Waals surface area (Å²) in [5, 5.41) is 17.0. The molecule has 0 saturated carbocycles. The van der Waals surface area contributed by atoms with Gasteiger partial charge in [-0.2, -0.15) is 5.26 Å². The van der Waals surface area contributed by atoms with E-state index in [1.807, 2.05) is 24.4 Å². The van der Waals surface area contributed by atoms with E-state index >= 15 is 0 Å². The Balaban J connectivity index is 1.92. The van der Waals surface area contributed by atoms with Gasteiger partial charge in [0, 0.05) is 19.0 Å². The van der Waals surface area contributed by atoms with Crippen molar-refractivity contribution in [3.8, 4) is 23.2 Å². The van der Waals surface area contributed by atoms with E-state index in [1.54, 1.807) is 13.1 Å². The number of rotatable bonds is 2. The van der Waals surface area contributed by atoms with Crippen LogP contribution in [0.2, 0.25) is 0 Å². The van der Waals surface area contributed by atoms with E-state index in [1.165, 1.54) is 10.5 Å². The lowest BCUT2D eigenvalue weighted by Crippen LogP contribution is -2.10. The fourth-order valence-electron chi connectivity index (χ4n) is 2.06. The van der Waals surface area contributed by atoms with Gasteiger partial charge in [-0.25, -0.2) is 0 Å². The van der Waals surface area contributed by atoms with Gasteiger partial charge >= 0.3 is 0 Å². The number of nitrogens with zero attached hydrogens (tertiary/aromatic N) is 4. The zero-order valence-electron chi connectivity index (χ0n) is 10.5. The van der Waals surface area contributed by atoms with E-state index in [-0.39, 0.29) is 0 Å². The predicted molar refractivity (Wildman–Crippen MR) is 70.7 cm³/mol. The third-order valence-electron chi connectivity index (χ3n) is 3.13. The smallest absolute Gasteiger partial charge is 0.185 e. The maximum absolute atomic E-state index is 8.77. The van der Waals surface area contributed by atoms with Gasteiger partial charge in [-0.15, -0.1) is 10.2 Å². The molecule has 5 nitrogen and oxygen atoms in total. The van der Waals surface area contributed by atoms with Crippen LogP contribution in [0, 0.1) is 11.5 Å². The van der Waals surface area contributed by atoms with E-state index in [2.05, 4.69) is 16.3 Å². The average molecular weight is 252 g/mol. The SMILES string of the molecule is CN(C#N)c1ccc(-c2ccc3c(c2)CCO3)nn1. The molecule has 0 amide bonds. The van der Waals surface area contributed by atoms with Gasteiger partial charge in [-0.3, -0.25) is 4.90 Å². The van der Waals surface area contributed by atoms with Gasteiger partial charge in [-0.1, -0.05) is 0 Å². The van der Waals surface area contributed by atoms with Crippen LogP contribution in [-0.2, 0) is 6.42 Å². The lowest BCUT2D eigenvalue weighted by Gasteiger charge is -2.07. The molecule has 0 saturated heterocycles. The summed E-state index contributed by atoms with van der Waals surface area (Å²) >= 11 is 0. The standard InChI is InChI=1S/C14H12N4O/c1-18(9-15)14-5-3-12(16-17-14)10-2-4-13-11(8-10)6-7-19-13/h2-5,8H,6-7H2,1H3. The summed E-state index contributed by atoms with van der Waals surface area (Å²) in [6, 6.07) is 9.68. The third-order valence-corrected chi connectivity index (χ3v) is 3.13. The Morgan fingerprint density at radius 2 is 2.16 bits per heavy atom. The number of hydrogen-bond acceptors (Lipinski definition) is 5. The van der Waals surface area contributed by atoms with Gasteiger partial charge in [0.15, 0.2) is 12.0 Å². The molecular formula is C14H12N4O. The first-order valence-electron chi connectivity index (χ1n) is 6.01. The molecule has 0 aliphatic carbocycles. The minimum Gasteiger partial charge on any atom is -0.493 e. The molecule has 5 heteroatoms. The first-order chi connectivity index (χ1) is 9.28. The largest absolute Gasteiger partial charge is 0.493 e. The highest BCUT2D eigenvalue weighted by Gasteiger charge is 2.13. The van der Waals surface area contributed by atoms with Crippen molar-refractivity contribution in [1.29, 1.82) is 5.26 Å². The Morgan fingerprint density at radius 1 is 1.26 bits per heavy atom. The number of hydrogen-bond donors (Lipinski definition) is 0. The molecule has 1 aromatic carbocycles. The van der Waals surface area contributed by atoms with Gasteiger partial charge in [0.2, 0.25) is 0 Å². The Labute approximate surface area is 111 Å². The molecule has 3 rings (SSSR count). The highest BCUT2D eigenvalue weighted by molar-refractivity contribution is 5.63. The molecule has 2 heterocycles. The maximum atomic E-state index is 8.77. The molecule has 0 N–H and O–H groups in total. The van der Waals surface area contributed by atoms with Gasteiger partial charge in [-0.05, 0) is 35.9 Å². The lowest BCUT2D eigenvalue weighted by atomic mass is 10.1. The summed E-state index contributed by atoms with van der Waals surface area (Å²) in [5.41, 5.74) is 3.02. The molecule has 0 atom stereocenters. The topological polar surface area (TPSA) is 62.0 Å². The van der Waals surface area contributed by atoms with Gasteiger partial charge in [0.1, 0.15) is 5.75 Å². The van der Waals surface area contributed by atoms with E-state index in [0.29, 0.717) is 5.82 Å². The van der Waals surface area contributed by atoms with Crippen LogP contribution in [0.1, 0.15) is 5.56 Å². The van der Waals surface area contributed by atoms with Crippen molar-refractivity contribution in [3.05, 3.63) is 35.9 Å². The van der Waals surface area contributed by atoms with Crippen molar-refractivity contribution < 1.29 is 4.74 Å². The second kappa shape index (κ2) is 4.58. The first-order valence-corrected chi connectivity index (χ1v) is 6.01. The number of aromatic nitrogens is 2. The number of benzene rings is 1. The molecule has 0 spiro atoms. The second-order valence-electron chi connectivity index (χ2n) is 4.36. The molecule has 0 fully saturated rings. The zero-order chi connectivity index (χ0) is 13.2. The molecule has 94 valence electrons. The van der Waals surface area contributed by atoms with Gasteiger partial charge < -0.3 is 4.74 Å². The Kier molecular flexibility index (Phi) is 2.76. The van der Waals surface area contributed by atoms with Crippen molar-refractivity contribution in [2.24, 2.45) is 0 Å². The number of ether oxygens (including phenoxy) is 1. The van der Waals surface area contributed by atoms with Crippen LogP contribution < -0.4 is 9.64 Å². The number of nitriles is 1. The van der Waals surface area contributed by atoms with Crippen LogP contribution in [0.3, 0.4) is 0 Å². The van der Waals surface area contributed by atoms with Crippen molar-refractivity contribution in [3.63, 3.8) is 0 Å². The summed E-state index contributed by atoms with van der Waals surface area (Å²) in [5.74, 6) is 1.49. The Bertz CT molecular complexity index is 645.